The highest BCUT2D eigenvalue weighted by Crippen LogP contribution is 2.22. The number of hydrogen-bond acceptors (Lipinski definition) is 6. The zero-order valence-corrected chi connectivity index (χ0v) is 16.2. The summed E-state index contributed by atoms with van der Waals surface area (Å²) in [5, 5.41) is 2.63. The first-order valence-corrected chi connectivity index (χ1v) is 9.78. The first-order valence-electron chi connectivity index (χ1n) is 8.34. The molecular weight excluding hydrogens is 370 g/mol. The Kier molecular flexibility index (Phi) is 6.97. The maximum absolute atomic E-state index is 12.4. The van der Waals surface area contributed by atoms with Crippen LogP contribution in [0.25, 0.3) is 0 Å². The van der Waals surface area contributed by atoms with Crippen molar-refractivity contribution in [3.8, 4) is 5.75 Å². The van der Waals surface area contributed by atoms with Crippen molar-refractivity contribution in [1.29, 1.82) is 0 Å². The lowest BCUT2D eigenvalue weighted by Gasteiger charge is -2.18. The van der Waals surface area contributed by atoms with Gasteiger partial charge in [-0.1, -0.05) is 26.0 Å². The van der Waals surface area contributed by atoms with Crippen molar-refractivity contribution in [3.63, 3.8) is 0 Å². The maximum Gasteiger partial charge on any atom is 0.338 e. The quantitative estimate of drug-likeness (QED) is 0.593. The normalized spacial score (nSPS) is 11.1. The molecule has 9 nitrogen and oxygen atoms in total. The number of benzene rings is 1. The summed E-state index contributed by atoms with van der Waals surface area (Å²) in [7, 11) is -2.06. The van der Waals surface area contributed by atoms with Gasteiger partial charge >= 0.3 is 6.03 Å². The fraction of sp³-hybridized carbons (Fsp3) is 0.294. The van der Waals surface area contributed by atoms with Gasteiger partial charge in [-0.25, -0.2) is 18.2 Å². The highest BCUT2D eigenvalue weighted by molar-refractivity contribution is 7.89. The highest BCUT2D eigenvalue weighted by atomic mass is 32.2. The number of carbonyl (C=O) groups excluding carboxylic acids is 1. The van der Waals surface area contributed by atoms with Gasteiger partial charge in [-0.3, -0.25) is 10.9 Å². The van der Waals surface area contributed by atoms with E-state index in [1.54, 1.807) is 38.1 Å². The smallest absolute Gasteiger partial charge is 0.338 e. The summed E-state index contributed by atoms with van der Waals surface area (Å²) in [6.45, 7) is 4.30. The number of nitrogens with zero attached hydrogens (tertiary/aromatic N) is 2. The Bertz CT molecular complexity index is 867. The SMILES string of the molecule is CCN(CC)S(=O)(=O)c1ccc(NNC(=O)Nc2ccccc2OC)nc1. The maximum atomic E-state index is 12.4. The molecule has 0 atom stereocenters. The van der Waals surface area contributed by atoms with Gasteiger partial charge in [-0.15, -0.1) is 0 Å². The Labute approximate surface area is 158 Å². The van der Waals surface area contributed by atoms with Crippen molar-refractivity contribution < 1.29 is 17.9 Å². The van der Waals surface area contributed by atoms with Crippen molar-refractivity contribution in [2.45, 2.75) is 18.7 Å². The van der Waals surface area contributed by atoms with Gasteiger partial charge in [-0.05, 0) is 24.3 Å². The molecule has 0 aliphatic rings. The molecule has 0 spiro atoms. The first kappa shape index (κ1) is 20.5. The molecule has 10 heteroatoms. The third kappa shape index (κ3) is 5.08. The Morgan fingerprint density at radius 1 is 1.15 bits per heavy atom. The second kappa shape index (κ2) is 9.19. The number of amides is 2. The monoisotopic (exact) mass is 393 g/mol. The third-order valence-corrected chi connectivity index (χ3v) is 5.77. The number of hydrogen-bond donors (Lipinski definition) is 3. The van der Waals surface area contributed by atoms with Crippen LogP contribution in [0, 0.1) is 0 Å². The average molecular weight is 393 g/mol. The van der Waals surface area contributed by atoms with Gasteiger partial charge < -0.3 is 10.1 Å². The first-order chi connectivity index (χ1) is 12.9. The number of nitrogens with one attached hydrogen (secondary N) is 3. The molecule has 0 bridgehead atoms. The zero-order valence-electron chi connectivity index (χ0n) is 15.4. The summed E-state index contributed by atoms with van der Waals surface area (Å²) in [6.07, 6.45) is 1.25. The lowest BCUT2D eigenvalue weighted by atomic mass is 10.3. The minimum atomic E-state index is -3.57. The summed E-state index contributed by atoms with van der Waals surface area (Å²) >= 11 is 0. The molecule has 0 aliphatic heterocycles. The molecule has 0 saturated carbocycles. The largest absolute Gasteiger partial charge is 0.495 e. The number of carbonyl (C=O) groups is 1. The number of pyridine rings is 1. The van der Waals surface area contributed by atoms with E-state index in [2.05, 4.69) is 21.2 Å². The molecule has 0 saturated heterocycles. The predicted octanol–water partition coefficient (Wildman–Crippen LogP) is 2.27. The van der Waals surface area contributed by atoms with Crippen molar-refractivity contribution in [3.05, 3.63) is 42.6 Å². The van der Waals surface area contributed by atoms with E-state index in [0.717, 1.165) is 0 Å². The van der Waals surface area contributed by atoms with Crippen LogP contribution < -0.4 is 20.9 Å². The van der Waals surface area contributed by atoms with E-state index in [-0.39, 0.29) is 4.90 Å². The van der Waals surface area contributed by atoms with Crippen LogP contribution in [0.3, 0.4) is 0 Å². The lowest BCUT2D eigenvalue weighted by molar-refractivity contribution is 0.253. The molecule has 2 amide bonds. The summed E-state index contributed by atoms with van der Waals surface area (Å²) < 4.78 is 31.3. The van der Waals surface area contributed by atoms with E-state index >= 15 is 0 Å². The fourth-order valence-corrected chi connectivity index (χ4v) is 3.75. The Morgan fingerprint density at radius 2 is 1.85 bits per heavy atom. The standard InChI is InChI=1S/C17H23N5O4S/c1-4-22(5-2)27(24,25)13-10-11-16(18-12-13)20-21-17(23)19-14-8-6-7-9-15(14)26-3/h6-12H,4-5H2,1-3H3,(H,18,20)(H2,19,21,23). The topological polar surface area (TPSA) is 113 Å². The molecule has 146 valence electrons. The predicted molar refractivity (Wildman–Crippen MR) is 103 cm³/mol. The van der Waals surface area contributed by atoms with Crippen LogP contribution in [0.4, 0.5) is 16.3 Å². The van der Waals surface area contributed by atoms with Gasteiger partial charge in [0.1, 0.15) is 16.5 Å². The summed E-state index contributed by atoms with van der Waals surface area (Å²) in [6, 6.07) is 9.35. The number of para-hydroxylation sites is 2. The van der Waals surface area contributed by atoms with Crippen molar-refractivity contribution in [1.82, 2.24) is 14.7 Å². The summed E-state index contributed by atoms with van der Waals surface area (Å²) in [5.41, 5.74) is 5.55. The molecular formula is C17H23N5O4S. The van der Waals surface area contributed by atoms with Crippen LogP contribution in [-0.2, 0) is 10.0 Å². The van der Waals surface area contributed by atoms with E-state index in [1.807, 2.05) is 0 Å². The van der Waals surface area contributed by atoms with Crippen molar-refractivity contribution in [2.24, 2.45) is 0 Å². The lowest BCUT2D eigenvalue weighted by Crippen LogP contribution is -2.34. The van der Waals surface area contributed by atoms with Crippen LogP contribution in [-0.4, -0.2) is 43.9 Å². The van der Waals surface area contributed by atoms with Crippen molar-refractivity contribution >= 4 is 27.6 Å². The second-order valence-electron chi connectivity index (χ2n) is 5.37. The van der Waals surface area contributed by atoms with E-state index in [9.17, 15) is 13.2 Å². The van der Waals surface area contributed by atoms with Crippen LogP contribution in [0.2, 0.25) is 0 Å². The fourth-order valence-electron chi connectivity index (χ4n) is 2.34. The molecule has 2 aromatic rings. The Hall–Kier alpha value is -2.85. The molecule has 1 heterocycles. The highest BCUT2D eigenvalue weighted by Gasteiger charge is 2.21. The van der Waals surface area contributed by atoms with E-state index in [0.29, 0.717) is 30.3 Å². The molecule has 0 radical (unpaired) electrons. The van der Waals surface area contributed by atoms with Crippen LogP contribution in [0.15, 0.2) is 47.5 Å². The van der Waals surface area contributed by atoms with Gasteiger partial charge in [0.2, 0.25) is 10.0 Å². The van der Waals surface area contributed by atoms with Crippen LogP contribution in [0.5, 0.6) is 5.75 Å². The zero-order chi connectivity index (χ0) is 19.9. The summed E-state index contributed by atoms with van der Waals surface area (Å²) in [5.74, 6) is 0.820. The van der Waals surface area contributed by atoms with Gasteiger partial charge in [0.15, 0.2) is 0 Å². The van der Waals surface area contributed by atoms with Gasteiger partial charge in [0, 0.05) is 19.3 Å². The number of sulfonamides is 1. The van der Waals surface area contributed by atoms with E-state index in [4.69, 9.17) is 4.74 Å². The number of methoxy groups -OCH3 is 1. The van der Waals surface area contributed by atoms with Crippen molar-refractivity contribution in [2.75, 3.05) is 30.9 Å². The molecule has 3 N–H and O–H groups in total. The molecule has 0 fully saturated rings. The number of hydrazine groups is 1. The van der Waals surface area contributed by atoms with Gasteiger partial charge in [0.05, 0.1) is 12.8 Å². The van der Waals surface area contributed by atoms with E-state index < -0.39 is 16.1 Å². The van der Waals surface area contributed by atoms with Gasteiger partial charge in [-0.2, -0.15) is 4.31 Å². The molecule has 27 heavy (non-hydrogen) atoms. The number of rotatable bonds is 8. The Balaban J connectivity index is 1.98. The number of aromatic nitrogens is 1. The average Bonchev–Trinajstić information content (AvgIpc) is 2.68. The van der Waals surface area contributed by atoms with Crippen LogP contribution in [0.1, 0.15) is 13.8 Å². The third-order valence-electron chi connectivity index (χ3n) is 3.74. The molecule has 1 aromatic heterocycles. The minimum Gasteiger partial charge on any atom is -0.495 e. The number of urea groups is 1. The molecule has 0 unspecified atom stereocenters. The minimum absolute atomic E-state index is 0.0928. The molecule has 0 aliphatic carbocycles. The van der Waals surface area contributed by atoms with E-state index in [1.165, 1.54) is 29.7 Å². The molecule has 2 rings (SSSR count). The summed E-state index contributed by atoms with van der Waals surface area (Å²) in [4.78, 5) is 16.1. The second-order valence-corrected chi connectivity index (χ2v) is 7.31. The Morgan fingerprint density at radius 3 is 2.44 bits per heavy atom. The number of ether oxygens (including phenoxy) is 1. The molecule has 1 aromatic carbocycles. The number of anilines is 2. The van der Waals surface area contributed by atoms with Gasteiger partial charge in [0.25, 0.3) is 0 Å². The van der Waals surface area contributed by atoms with Crippen LogP contribution >= 0.6 is 0 Å².